The fourth-order valence-corrected chi connectivity index (χ4v) is 2.49. The Bertz CT molecular complexity index is 286. The number of aliphatic hydroxyl groups is 1. The van der Waals surface area contributed by atoms with Crippen LogP contribution in [0.1, 0.15) is 12.8 Å². The average Bonchev–Trinajstić information content (AvgIpc) is 2.48. The first-order valence-corrected chi connectivity index (χ1v) is 5.37. The van der Waals surface area contributed by atoms with Crippen molar-refractivity contribution in [3.8, 4) is 0 Å². The van der Waals surface area contributed by atoms with Crippen LogP contribution in [0.25, 0.3) is 0 Å². The summed E-state index contributed by atoms with van der Waals surface area (Å²) in [4.78, 5) is 1.23. The molecule has 2 aliphatic carbocycles. The highest BCUT2D eigenvalue weighted by molar-refractivity contribution is 8.02. The van der Waals surface area contributed by atoms with Crippen molar-refractivity contribution >= 4 is 11.8 Å². The summed E-state index contributed by atoms with van der Waals surface area (Å²) in [6, 6.07) is 0. The zero-order valence-electron chi connectivity index (χ0n) is 7.08. The first-order chi connectivity index (χ1) is 5.83. The van der Waals surface area contributed by atoms with Crippen LogP contribution in [0.5, 0.6) is 0 Å². The first kappa shape index (κ1) is 8.14. The highest BCUT2D eigenvalue weighted by atomic mass is 32.2. The van der Waals surface area contributed by atoms with Gasteiger partial charge < -0.3 is 5.11 Å². The van der Waals surface area contributed by atoms with Gasteiger partial charge in [-0.2, -0.15) is 0 Å². The molecule has 0 spiro atoms. The molecular weight excluding hydrogens is 168 g/mol. The van der Waals surface area contributed by atoms with E-state index in [9.17, 15) is 5.11 Å². The molecule has 0 aliphatic heterocycles. The van der Waals surface area contributed by atoms with Gasteiger partial charge in [-0.05, 0) is 30.2 Å². The molecule has 0 radical (unpaired) electrons. The Morgan fingerprint density at radius 2 is 2.42 bits per heavy atom. The van der Waals surface area contributed by atoms with Crippen molar-refractivity contribution in [2.75, 3.05) is 6.26 Å². The molecule has 2 rings (SSSR count). The van der Waals surface area contributed by atoms with E-state index in [1.807, 2.05) is 0 Å². The highest BCUT2D eigenvalue weighted by Crippen LogP contribution is 2.37. The number of fused-ring (bicyclic) bond motifs is 1. The zero-order chi connectivity index (χ0) is 8.55. The van der Waals surface area contributed by atoms with Gasteiger partial charge in [0.05, 0.1) is 6.10 Å². The van der Waals surface area contributed by atoms with Crippen LogP contribution < -0.4 is 0 Å². The van der Waals surface area contributed by atoms with E-state index < -0.39 is 0 Å². The molecule has 64 valence electrons. The zero-order valence-corrected chi connectivity index (χ0v) is 7.90. The van der Waals surface area contributed by atoms with Gasteiger partial charge in [0, 0.05) is 4.91 Å². The van der Waals surface area contributed by atoms with Crippen LogP contribution in [0, 0.1) is 0 Å². The lowest BCUT2D eigenvalue weighted by molar-refractivity contribution is 0.223. The molecule has 2 heteroatoms. The van der Waals surface area contributed by atoms with E-state index in [2.05, 4.69) is 24.5 Å². The first-order valence-electron chi connectivity index (χ1n) is 4.15. The van der Waals surface area contributed by atoms with Crippen molar-refractivity contribution in [2.24, 2.45) is 0 Å². The standard InChI is InChI=1S/C10H12OS/c1-12-9-4-2-3-7-5-6-8(11)10(7)9/h2,4-5,8,11H,3,6H2,1H3. The summed E-state index contributed by atoms with van der Waals surface area (Å²) in [6.45, 7) is 0. The van der Waals surface area contributed by atoms with Crippen molar-refractivity contribution < 1.29 is 5.11 Å². The van der Waals surface area contributed by atoms with Gasteiger partial charge in [0.15, 0.2) is 0 Å². The second-order valence-corrected chi connectivity index (χ2v) is 3.92. The number of rotatable bonds is 1. The summed E-state index contributed by atoms with van der Waals surface area (Å²) >= 11 is 1.72. The number of hydrogen-bond acceptors (Lipinski definition) is 2. The van der Waals surface area contributed by atoms with Crippen molar-refractivity contribution in [2.45, 2.75) is 18.9 Å². The second kappa shape index (κ2) is 3.11. The molecule has 0 aromatic carbocycles. The maximum absolute atomic E-state index is 9.67. The van der Waals surface area contributed by atoms with Gasteiger partial charge >= 0.3 is 0 Å². The third-order valence-corrected chi connectivity index (χ3v) is 3.15. The van der Waals surface area contributed by atoms with Crippen molar-refractivity contribution in [1.82, 2.24) is 0 Å². The molecule has 12 heavy (non-hydrogen) atoms. The maximum Gasteiger partial charge on any atom is 0.0838 e. The molecule has 0 aromatic rings. The van der Waals surface area contributed by atoms with Crippen LogP contribution in [0.3, 0.4) is 0 Å². The predicted octanol–water partition coefficient (Wildman–Crippen LogP) is 2.25. The van der Waals surface area contributed by atoms with Crippen LogP contribution in [0.15, 0.2) is 34.3 Å². The summed E-state index contributed by atoms with van der Waals surface area (Å²) < 4.78 is 0. The summed E-state index contributed by atoms with van der Waals surface area (Å²) in [5.74, 6) is 0. The largest absolute Gasteiger partial charge is 0.388 e. The Balaban J connectivity index is 2.43. The van der Waals surface area contributed by atoms with E-state index in [4.69, 9.17) is 0 Å². The topological polar surface area (TPSA) is 20.2 Å². The van der Waals surface area contributed by atoms with E-state index in [0.29, 0.717) is 0 Å². The van der Waals surface area contributed by atoms with Crippen LogP contribution in [0.2, 0.25) is 0 Å². The number of hydrogen-bond donors (Lipinski definition) is 1. The SMILES string of the molecule is CSC1=C2C(=CCC2O)CC=C1. The fraction of sp³-hybridized carbons (Fsp3) is 0.400. The number of thioether (sulfide) groups is 1. The molecule has 0 aromatic heterocycles. The Morgan fingerprint density at radius 3 is 3.17 bits per heavy atom. The van der Waals surface area contributed by atoms with Crippen molar-refractivity contribution in [3.63, 3.8) is 0 Å². The molecular formula is C10H12OS. The maximum atomic E-state index is 9.67. The van der Waals surface area contributed by atoms with E-state index in [0.717, 1.165) is 12.8 Å². The van der Waals surface area contributed by atoms with E-state index in [1.54, 1.807) is 11.8 Å². The lowest BCUT2D eigenvalue weighted by Gasteiger charge is -2.15. The average molecular weight is 180 g/mol. The van der Waals surface area contributed by atoms with Gasteiger partial charge in [-0.3, -0.25) is 0 Å². The summed E-state index contributed by atoms with van der Waals surface area (Å²) in [6.07, 6.45) is 10.0. The van der Waals surface area contributed by atoms with Crippen molar-refractivity contribution in [1.29, 1.82) is 0 Å². The van der Waals surface area contributed by atoms with Crippen LogP contribution in [0.4, 0.5) is 0 Å². The van der Waals surface area contributed by atoms with Gasteiger partial charge in [0.25, 0.3) is 0 Å². The Labute approximate surface area is 76.9 Å². The molecule has 0 bridgehead atoms. The smallest absolute Gasteiger partial charge is 0.0838 e. The number of allylic oxidation sites excluding steroid dienone is 2. The van der Waals surface area contributed by atoms with Crippen molar-refractivity contribution in [3.05, 3.63) is 34.3 Å². The fourth-order valence-electron chi connectivity index (χ4n) is 1.77. The van der Waals surface area contributed by atoms with E-state index >= 15 is 0 Å². The van der Waals surface area contributed by atoms with Crippen LogP contribution >= 0.6 is 11.8 Å². The summed E-state index contributed by atoms with van der Waals surface area (Å²) in [7, 11) is 0. The molecule has 1 atom stereocenters. The molecule has 0 saturated heterocycles. The Morgan fingerprint density at radius 1 is 1.58 bits per heavy atom. The third kappa shape index (κ3) is 1.15. The van der Waals surface area contributed by atoms with Gasteiger partial charge in [0.1, 0.15) is 0 Å². The predicted molar refractivity (Wildman–Crippen MR) is 53.0 cm³/mol. The summed E-state index contributed by atoms with van der Waals surface area (Å²) in [5, 5.41) is 9.67. The quantitative estimate of drug-likeness (QED) is 0.668. The minimum absolute atomic E-state index is 0.243. The third-order valence-electron chi connectivity index (χ3n) is 2.36. The van der Waals surface area contributed by atoms with Gasteiger partial charge in [-0.25, -0.2) is 0 Å². The number of aliphatic hydroxyl groups excluding tert-OH is 1. The molecule has 1 N–H and O–H groups in total. The monoisotopic (exact) mass is 180 g/mol. The van der Waals surface area contributed by atoms with Crippen LogP contribution in [-0.2, 0) is 0 Å². The van der Waals surface area contributed by atoms with Crippen LogP contribution in [-0.4, -0.2) is 17.5 Å². The molecule has 1 nitrogen and oxygen atoms in total. The molecule has 2 aliphatic rings. The lowest BCUT2D eigenvalue weighted by Crippen LogP contribution is -2.08. The minimum Gasteiger partial charge on any atom is -0.388 e. The van der Waals surface area contributed by atoms with Gasteiger partial charge in [-0.15, -0.1) is 11.8 Å². The Kier molecular flexibility index (Phi) is 2.11. The second-order valence-electron chi connectivity index (χ2n) is 3.07. The molecule has 0 amide bonds. The molecule has 0 heterocycles. The molecule has 0 saturated carbocycles. The minimum atomic E-state index is -0.243. The molecule has 0 fully saturated rings. The van der Waals surface area contributed by atoms with E-state index in [-0.39, 0.29) is 6.10 Å². The van der Waals surface area contributed by atoms with Gasteiger partial charge in [0.2, 0.25) is 0 Å². The Hall–Kier alpha value is -0.470. The van der Waals surface area contributed by atoms with E-state index in [1.165, 1.54) is 16.1 Å². The highest BCUT2D eigenvalue weighted by Gasteiger charge is 2.24. The normalized spacial score (nSPS) is 27.5. The van der Waals surface area contributed by atoms with Gasteiger partial charge in [-0.1, -0.05) is 18.2 Å². The summed E-state index contributed by atoms with van der Waals surface area (Å²) in [5.41, 5.74) is 2.50. The lowest BCUT2D eigenvalue weighted by atomic mass is 10.00. The molecule has 1 unspecified atom stereocenters.